The second-order valence-electron chi connectivity index (χ2n) is 7.85. The van der Waals surface area contributed by atoms with Crippen LogP contribution in [0.1, 0.15) is 51.5 Å². The molecule has 0 saturated carbocycles. The van der Waals surface area contributed by atoms with Crippen LogP contribution >= 0.6 is 11.6 Å². The van der Waals surface area contributed by atoms with Gasteiger partial charge in [-0.1, -0.05) is 44.0 Å². The Morgan fingerprint density at radius 1 is 1.06 bits per heavy atom. The van der Waals surface area contributed by atoms with Gasteiger partial charge in [-0.15, -0.1) is 0 Å². The van der Waals surface area contributed by atoms with Gasteiger partial charge in [-0.05, 0) is 61.2 Å². The molecule has 0 aliphatic carbocycles. The van der Waals surface area contributed by atoms with Gasteiger partial charge in [-0.3, -0.25) is 9.59 Å². The van der Waals surface area contributed by atoms with Gasteiger partial charge in [0.2, 0.25) is 11.8 Å². The molecule has 7 heteroatoms. The van der Waals surface area contributed by atoms with Gasteiger partial charge in [0.1, 0.15) is 17.5 Å². The highest BCUT2D eigenvalue weighted by Crippen LogP contribution is 2.19. The van der Waals surface area contributed by atoms with Crippen LogP contribution in [0.2, 0.25) is 5.02 Å². The summed E-state index contributed by atoms with van der Waals surface area (Å²) >= 11 is 5.90. The highest BCUT2D eigenvalue weighted by Gasteiger charge is 2.28. The van der Waals surface area contributed by atoms with Gasteiger partial charge in [-0.25, -0.2) is 0 Å². The second kappa shape index (κ2) is 14.4. The molecule has 0 aromatic heterocycles. The van der Waals surface area contributed by atoms with Gasteiger partial charge in [0.05, 0.1) is 13.7 Å². The van der Waals surface area contributed by atoms with Crippen LogP contribution in [0.4, 0.5) is 0 Å². The van der Waals surface area contributed by atoms with Gasteiger partial charge >= 0.3 is 0 Å². The molecular weight excluding hydrogens is 440 g/mol. The van der Waals surface area contributed by atoms with Crippen molar-refractivity contribution in [1.82, 2.24) is 10.2 Å². The van der Waals surface area contributed by atoms with Crippen molar-refractivity contribution in [3.63, 3.8) is 0 Å². The van der Waals surface area contributed by atoms with Crippen LogP contribution in [-0.4, -0.2) is 43.0 Å². The summed E-state index contributed by atoms with van der Waals surface area (Å²) in [6.45, 7) is 5.36. The van der Waals surface area contributed by atoms with Crippen molar-refractivity contribution in [3.05, 3.63) is 59.1 Å². The van der Waals surface area contributed by atoms with Crippen molar-refractivity contribution in [2.24, 2.45) is 0 Å². The van der Waals surface area contributed by atoms with E-state index in [4.69, 9.17) is 21.1 Å². The molecule has 0 spiro atoms. The molecule has 0 heterocycles. The molecule has 2 aromatic carbocycles. The molecule has 1 unspecified atom stereocenters. The molecule has 2 amide bonds. The Morgan fingerprint density at radius 3 is 2.48 bits per heavy atom. The topological polar surface area (TPSA) is 67.9 Å². The van der Waals surface area contributed by atoms with Crippen LogP contribution in [0.25, 0.3) is 0 Å². The largest absolute Gasteiger partial charge is 0.497 e. The molecule has 180 valence electrons. The average molecular weight is 475 g/mol. The first-order valence-electron chi connectivity index (χ1n) is 11.6. The highest BCUT2D eigenvalue weighted by atomic mass is 35.5. The standard InChI is InChI=1S/C26H35ClN2O4/c1-4-6-16-28-26(31)24(5-2)29(19-20-9-7-10-23(18-20)32-3)25(30)11-8-17-33-22-14-12-21(27)13-15-22/h7,9-10,12-15,18,24H,4-6,8,11,16-17,19H2,1-3H3,(H,28,31). The number of ether oxygens (including phenoxy) is 2. The number of unbranched alkanes of at least 4 members (excludes halogenated alkanes) is 1. The molecule has 0 aliphatic heterocycles. The lowest BCUT2D eigenvalue weighted by Crippen LogP contribution is -2.49. The number of halogens is 1. The second-order valence-corrected chi connectivity index (χ2v) is 8.28. The van der Waals surface area contributed by atoms with E-state index in [1.165, 1.54) is 0 Å². The SMILES string of the molecule is CCCCNC(=O)C(CC)N(Cc1cccc(OC)c1)C(=O)CCCOc1ccc(Cl)cc1. The maximum Gasteiger partial charge on any atom is 0.242 e. The third kappa shape index (κ3) is 8.97. The molecule has 2 aromatic rings. The van der Waals surface area contributed by atoms with E-state index in [9.17, 15) is 9.59 Å². The fraction of sp³-hybridized carbons (Fsp3) is 0.462. The monoisotopic (exact) mass is 474 g/mol. The van der Waals surface area contributed by atoms with Crippen LogP contribution < -0.4 is 14.8 Å². The van der Waals surface area contributed by atoms with E-state index >= 15 is 0 Å². The van der Waals surface area contributed by atoms with Crippen LogP contribution in [0, 0.1) is 0 Å². The lowest BCUT2D eigenvalue weighted by atomic mass is 10.1. The van der Waals surface area contributed by atoms with Crippen LogP contribution in [0.3, 0.4) is 0 Å². The predicted octanol–water partition coefficient (Wildman–Crippen LogP) is 5.23. The number of hydrogen-bond donors (Lipinski definition) is 1. The third-order valence-electron chi connectivity index (χ3n) is 5.32. The summed E-state index contributed by atoms with van der Waals surface area (Å²) in [4.78, 5) is 27.8. The predicted molar refractivity (Wildman–Crippen MR) is 132 cm³/mol. The fourth-order valence-corrected chi connectivity index (χ4v) is 3.61. The van der Waals surface area contributed by atoms with Gasteiger partial charge in [0.25, 0.3) is 0 Å². The van der Waals surface area contributed by atoms with E-state index in [0.29, 0.717) is 43.3 Å². The van der Waals surface area contributed by atoms with E-state index in [1.807, 2.05) is 31.2 Å². The van der Waals surface area contributed by atoms with Crippen LogP contribution in [0.5, 0.6) is 11.5 Å². The number of nitrogens with zero attached hydrogens (tertiary/aromatic N) is 1. The quantitative estimate of drug-likeness (QED) is 0.380. The molecule has 0 saturated heterocycles. The summed E-state index contributed by atoms with van der Waals surface area (Å²) in [6.07, 6.45) is 3.28. The Balaban J connectivity index is 2.05. The Hall–Kier alpha value is -2.73. The average Bonchev–Trinajstić information content (AvgIpc) is 2.83. The zero-order chi connectivity index (χ0) is 24.1. The van der Waals surface area contributed by atoms with Gasteiger partial charge in [0.15, 0.2) is 0 Å². The molecule has 0 fully saturated rings. The summed E-state index contributed by atoms with van der Waals surface area (Å²) in [7, 11) is 1.61. The minimum atomic E-state index is -0.530. The summed E-state index contributed by atoms with van der Waals surface area (Å²) in [6, 6.07) is 14.2. The highest BCUT2D eigenvalue weighted by molar-refractivity contribution is 6.30. The molecular formula is C26H35ClN2O4. The Morgan fingerprint density at radius 2 is 1.82 bits per heavy atom. The first-order valence-corrected chi connectivity index (χ1v) is 11.9. The zero-order valence-corrected chi connectivity index (χ0v) is 20.6. The minimum Gasteiger partial charge on any atom is -0.497 e. The Labute approximate surface area is 202 Å². The molecule has 33 heavy (non-hydrogen) atoms. The maximum atomic E-state index is 13.2. The first kappa shape index (κ1) is 26.5. The van der Waals surface area contributed by atoms with Crippen LogP contribution in [-0.2, 0) is 16.1 Å². The smallest absolute Gasteiger partial charge is 0.242 e. The molecule has 0 bridgehead atoms. The molecule has 6 nitrogen and oxygen atoms in total. The van der Waals surface area contributed by atoms with Gasteiger partial charge < -0.3 is 19.7 Å². The lowest BCUT2D eigenvalue weighted by Gasteiger charge is -2.31. The number of rotatable bonds is 14. The minimum absolute atomic E-state index is 0.0741. The molecule has 2 rings (SSSR count). The van der Waals surface area contributed by atoms with Crippen molar-refractivity contribution in [2.75, 3.05) is 20.3 Å². The number of benzene rings is 2. The number of carbonyl (C=O) groups excluding carboxylic acids is 2. The summed E-state index contributed by atoms with van der Waals surface area (Å²) < 4.78 is 11.0. The van der Waals surface area contributed by atoms with E-state index < -0.39 is 6.04 Å². The van der Waals surface area contributed by atoms with E-state index in [0.717, 1.165) is 24.2 Å². The van der Waals surface area contributed by atoms with Gasteiger partial charge in [0, 0.05) is 24.5 Å². The Bertz CT molecular complexity index is 873. The third-order valence-corrected chi connectivity index (χ3v) is 5.57. The number of carbonyl (C=O) groups is 2. The number of hydrogen-bond acceptors (Lipinski definition) is 4. The summed E-state index contributed by atoms with van der Waals surface area (Å²) in [5.74, 6) is 1.24. The van der Waals surface area contributed by atoms with Crippen molar-refractivity contribution >= 4 is 23.4 Å². The number of nitrogens with one attached hydrogen (secondary N) is 1. The normalized spacial score (nSPS) is 11.5. The van der Waals surface area contributed by atoms with E-state index in [2.05, 4.69) is 12.2 Å². The van der Waals surface area contributed by atoms with Crippen molar-refractivity contribution in [1.29, 1.82) is 0 Å². The maximum absolute atomic E-state index is 13.2. The zero-order valence-electron chi connectivity index (χ0n) is 19.8. The summed E-state index contributed by atoms with van der Waals surface area (Å²) in [5, 5.41) is 3.63. The Kier molecular flexibility index (Phi) is 11.6. The van der Waals surface area contributed by atoms with Crippen molar-refractivity contribution in [3.8, 4) is 11.5 Å². The first-order chi connectivity index (χ1) is 16.0. The van der Waals surface area contributed by atoms with Crippen LogP contribution in [0.15, 0.2) is 48.5 Å². The summed E-state index contributed by atoms with van der Waals surface area (Å²) in [5.41, 5.74) is 0.917. The lowest BCUT2D eigenvalue weighted by molar-refractivity contribution is -0.141. The van der Waals surface area contributed by atoms with Crippen molar-refractivity contribution < 1.29 is 19.1 Å². The molecule has 0 radical (unpaired) electrons. The van der Waals surface area contributed by atoms with Gasteiger partial charge in [-0.2, -0.15) is 0 Å². The fourth-order valence-electron chi connectivity index (χ4n) is 3.48. The molecule has 1 atom stereocenters. The molecule has 1 N–H and O–H groups in total. The molecule has 0 aliphatic rings. The van der Waals surface area contributed by atoms with Crippen molar-refractivity contribution in [2.45, 2.75) is 58.5 Å². The van der Waals surface area contributed by atoms with E-state index in [1.54, 1.807) is 36.3 Å². The van der Waals surface area contributed by atoms with E-state index in [-0.39, 0.29) is 18.2 Å². The number of amides is 2. The number of methoxy groups -OCH3 is 1.